The van der Waals surface area contributed by atoms with Gasteiger partial charge in [0.1, 0.15) is 6.10 Å². The van der Waals surface area contributed by atoms with Crippen LogP contribution in [0.5, 0.6) is 0 Å². The second kappa shape index (κ2) is 8.73. The summed E-state index contributed by atoms with van der Waals surface area (Å²) in [5.41, 5.74) is -1.82. The topological polar surface area (TPSA) is 66.8 Å². The van der Waals surface area contributed by atoms with E-state index in [4.69, 9.17) is 4.74 Å². The van der Waals surface area contributed by atoms with E-state index >= 15 is 0 Å². The summed E-state index contributed by atoms with van der Waals surface area (Å²) in [4.78, 5) is 27.6. The molecule has 1 rings (SSSR count). The first-order chi connectivity index (χ1) is 12.0. The molecule has 0 radical (unpaired) electrons. The molecule has 1 aliphatic rings. The highest BCUT2D eigenvalue weighted by Gasteiger charge is 2.53. The summed E-state index contributed by atoms with van der Waals surface area (Å²) in [7, 11) is 2.09. The minimum absolute atomic E-state index is 0.144. The smallest absolute Gasteiger partial charge is 0.323 e. The van der Waals surface area contributed by atoms with E-state index in [1.165, 1.54) is 0 Å². The van der Waals surface area contributed by atoms with Crippen molar-refractivity contribution in [3.8, 4) is 0 Å². The quantitative estimate of drug-likeness (QED) is 0.479. The van der Waals surface area contributed by atoms with Crippen LogP contribution in [0.4, 0.5) is 0 Å². The molecule has 0 saturated carbocycles. The fourth-order valence-electron chi connectivity index (χ4n) is 3.87. The molecule has 1 N–H and O–H groups in total. The van der Waals surface area contributed by atoms with E-state index < -0.39 is 17.4 Å². The molecule has 0 aromatic carbocycles. The number of piperidine rings is 1. The highest BCUT2D eigenvalue weighted by molar-refractivity contribution is 5.99. The number of ether oxygens (including phenoxy) is 1. The first kappa shape index (κ1) is 22.9. The minimum atomic E-state index is -1.41. The molecule has 1 fully saturated rings. The first-order valence-corrected chi connectivity index (χ1v) is 10.1. The van der Waals surface area contributed by atoms with Gasteiger partial charge in [0.2, 0.25) is 0 Å². The Morgan fingerprint density at radius 1 is 1.12 bits per heavy atom. The Hall–Kier alpha value is -1.10. The fourth-order valence-corrected chi connectivity index (χ4v) is 3.87. The van der Waals surface area contributed by atoms with E-state index in [1.54, 1.807) is 0 Å². The summed E-state index contributed by atoms with van der Waals surface area (Å²) >= 11 is 0. The molecule has 5 heteroatoms. The van der Waals surface area contributed by atoms with Crippen molar-refractivity contribution >= 4 is 11.9 Å². The zero-order chi connectivity index (χ0) is 20.2. The molecule has 1 unspecified atom stereocenters. The molecule has 0 bridgehead atoms. The summed E-state index contributed by atoms with van der Waals surface area (Å²) < 4.78 is 5.97. The Bertz CT molecular complexity index is 490. The van der Waals surface area contributed by atoms with Crippen LogP contribution in [0.2, 0.25) is 0 Å². The lowest BCUT2D eigenvalue weighted by Crippen LogP contribution is -2.63. The molecule has 0 spiro atoms. The van der Waals surface area contributed by atoms with Crippen molar-refractivity contribution in [1.29, 1.82) is 0 Å². The van der Waals surface area contributed by atoms with Crippen LogP contribution in [0.25, 0.3) is 0 Å². The van der Waals surface area contributed by atoms with Gasteiger partial charge in [0.15, 0.2) is 5.41 Å². The molecule has 152 valence electrons. The van der Waals surface area contributed by atoms with Crippen molar-refractivity contribution < 1.29 is 19.4 Å². The van der Waals surface area contributed by atoms with Crippen LogP contribution in [0, 0.1) is 10.8 Å². The van der Waals surface area contributed by atoms with Crippen LogP contribution >= 0.6 is 0 Å². The Kier molecular flexibility index (Phi) is 7.70. The zero-order valence-electron chi connectivity index (χ0n) is 17.9. The summed E-state index contributed by atoms with van der Waals surface area (Å²) in [5, 5.41) is 9.94. The van der Waals surface area contributed by atoms with Gasteiger partial charge in [-0.1, -0.05) is 53.4 Å². The highest BCUT2D eigenvalue weighted by atomic mass is 16.5. The Balaban J connectivity index is 3.10. The van der Waals surface area contributed by atoms with Gasteiger partial charge in [0, 0.05) is 17.5 Å². The molecule has 0 aliphatic carbocycles. The molecule has 1 aliphatic heterocycles. The largest absolute Gasteiger partial charge is 0.480 e. The van der Waals surface area contributed by atoms with Crippen LogP contribution in [0.1, 0.15) is 86.5 Å². The maximum atomic E-state index is 13.2. The predicted octanol–water partition coefficient (Wildman–Crippen LogP) is 4.49. The first-order valence-electron chi connectivity index (χ1n) is 10.1. The van der Waals surface area contributed by atoms with Gasteiger partial charge in [0.05, 0.1) is 0 Å². The van der Waals surface area contributed by atoms with Crippen molar-refractivity contribution in [3.63, 3.8) is 0 Å². The maximum Gasteiger partial charge on any atom is 0.323 e. The number of carbonyl (C=O) groups excluding carboxylic acids is 1. The molecular weight excluding hydrogens is 330 g/mol. The van der Waals surface area contributed by atoms with Crippen molar-refractivity contribution in [2.75, 3.05) is 13.6 Å². The van der Waals surface area contributed by atoms with Gasteiger partial charge < -0.3 is 14.7 Å². The van der Waals surface area contributed by atoms with Gasteiger partial charge >= 0.3 is 11.9 Å². The number of aliphatic carboxylic acids is 1. The number of unbranched alkanes of at least 4 members (excludes halogenated alkanes) is 2. The maximum absolute atomic E-state index is 13.2. The van der Waals surface area contributed by atoms with E-state index in [1.807, 2.05) is 13.8 Å². The number of carboxylic acid groups (broad SMARTS) is 1. The third-order valence-corrected chi connectivity index (χ3v) is 7.03. The summed E-state index contributed by atoms with van der Waals surface area (Å²) in [5.74, 6) is -1.57. The predicted molar refractivity (Wildman–Crippen MR) is 104 cm³/mol. The number of rotatable bonds is 9. The Labute approximate surface area is 159 Å². The molecular formula is C21H39NO4. The van der Waals surface area contributed by atoms with Gasteiger partial charge in [-0.05, 0) is 40.2 Å². The van der Waals surface area contributed by atoms with E-state index in [2.05, 4.69) is 39.6 Å². The number of hydrogen-bond acceptors (Lipinski definition) is 4. The number of carboxylic acids is 1. The molecule has 0 amide bonds. The van der Waals surface area contributed by atoms with Crippen molar-refractivity contribution in [2.45, 2.75) is 98.1 Å². The molecule has 5 nitrogen and oxygen atoms in total. The second-order valence-corrected chi connectivity index (χ2v) is 8.98. The SMILES string of the molecule is CCCCC(CCCC)(C(=O)O)C(=O)OC1CCN(C)C(C)(C)C1(C)C. The number of nitrogens with zero attached hydrogens (tertiary/aromatic N) is 1. The standard InChI is InChI=1S/C21H39NO4/c1-8-10-13-21(17(23)24,14-11-9-2)18(25)26-16-12-15-22(7)20(5,6)19(16,3)4/h16H,8-15H2,1-7H3,(H,23,24). The molecule has 0 aromatic heterocycles. The van der Waals surface area contributed by atoms with Gasteiger partial charge in [0.25, 0.3) is 0 Å². The highest BCUT2D eigenvalue weighted by Crippen LogP contribution is 2.45. The fraction of sp³-hybridized carbons (Fsp3) is 0.905. The monoisotopic (exact) mass is 369 g/mol. The van der Waals surface area contributed by atoms with Crippen molar-refractivity contribution in [2.24, 2.45) is 10.8 Å². The number of esters is 1. The molecule has 1 atom stereocenters. The minimum Gasteiger partial charge on any atom is -0.480 e. The van der Waals surface area contributed by atoms with Crippen LogP contribution in [0.15, 0.2) is 0 Å². The number of carbonyl (C=O) groups is 2. The molecule has 1 heterocycles. The average molecular weight is 370 g/mol. The van der Waals surface area contributed by atoms with Crippen LogP contribution in [-0.2, 0) is 14.3 Å². The third-order valence-electron chi connectivity index (χ3n) is 7.03. The van der Waals surface area contributed by atoms with Crippen LogP contribution in [-0.4, -0.2) is 47.2 Å². The third kappa shape index (κ3) is 4.24. The van der Waals surface area contributed by atoms with Crippen LogP contribution < -0.4 is 0 Å². The lowest BCUT2D eigenvalue weighted by Gasteiger charge is -2.55. The molecule has 0 aromatic rings. The molecule has 1 saturated heterocycles. The summed E-state index contributed by atoms with van der Waals surface area (Å²) in [6.45, 7) is 13.4. The van der Waals surface area contributed by atoms with E-state index in [0.29, 0.717) is 25.7 Å². The van der Waals surface area contributed by atoms with Gasteiger partial charge in [-0.3, -0.25) is 9.59 Å². The van der Waals surface area contributed by atoms with Crippen molar-refractivity contribution in [3.05, 3.63) is 0 Å². The lowest BCUT2D eigenvalue weighted by atomic mass is 9.66. The molecule has 26 heavy (non-hydrogen) atoms. The van der Waals surface area contributed by atoms with Crippen LogP contribution in [0.3, 0.4) is 0 Å². The van der Waals surface area contributed by atoms with Crippen molar-refractivity contribution in [1.82, 2.24) is 4.90 Å². The van der Waals surface area contributed by atoms with Gasteiger partial charge in [-0.2, -0.15) is 0 Å². The number of hydrogen-bond donors (Lipinski definition) is 1. The second-order valence-electron chi connectivity index (χ2n) is 8.98. The Morgan fingerprint density at radius 2 is 1.62 bits per heavy atom. The summed E-state index contributed by atoms with van der Waals surface area (Å²) in [6, 6.07) is 0. The lowest BCUT2D eigenvalue weighted by molar-refractivity contribution is -0.189. The van der Waals surface area contributed by atoms with E-state index in [9.17, 15) is 14.7 Å². The normalized spacial score (nSPS) is 22.8. The zero-order valence-corrected chi connectivity index (χ0v) is 17.9. The number of likely N-dealkylation sites (tertiary alicyclic amines) is 1. The summed E-state index contributed by atoms with van der Waals surface area (Å²) in [6.07, 6.45) is 4.32. The average Bonchev–Trinajstić information content (AvgIpc) is 2.56. The Morgan fingerprint density at radius 3 is 2.04 bits per heavy atom. The van der Waals surface area contributed by atoms with Gasteiger partial charge in [-0.15, -0.1) is 0 Å². The van der Waals surface area contributed by atoms with Gasteiger partial charge in [-0.25, -0.2) is 0 Å². The van der Waals surface area contributed by atoms with E-state index in [-0.39, 0.29) is 17.1 Å². The van der Waals surface area contributed by atoms with E-state index in [0.717, 1.165) is 25.8 Å².